The Morgan fingerprint density at radius 3 is 2.30 bits per heavy atom. The zero-order valence-corrected chi connectivity index (χ0v) is 22.9. The summed E-state index contributed by atoms with van der Waals surface area (Å²) in [4.78, 5) is 40.9. The maximum absolute atomic E-state index is 13.7. The lowest BCUT2D eigenvalue weighted by Crippen LogP contribution is -2.47. The van der Waals surface area contributed by atoms with Crippen LogP contribution >= 0.6 is 0 Å². The van der Waals surface area contributed by atoms with Gasteiger partial charge in [-0.25, -0.2) is 4.79 Å². The largest absolute Gasteiger partial charge is 0.497 e. The van der Waals surface area contributed by atoms with E-state index < -0.39 is 17.7 Å². The van der Waals surface area contributed by atoms with Gasteiger partial charge < -0.3 is 25.0 Å². The van der Waals surface area contributed by atoms with E-state index >= 15 is 0 Å². The first-order valence-electron chi connectivity index (χ1n) is 12.8. The summed E-state index contributed by atoms with van der Waals surface area (Å²) in [5, 5.41) is 5.49. The van der Waals surface area contributed by atoms with Gasteiger partial charge in [0.15, 0.2) is 0 Å². The maximum Gasteiger partial charge on any atom is 0.408 e. The van der Waals surface area contributed by atoms with E-state index in [1.807, 2.05) is 31.2 Å². The van der Waals surface area contributed by atoms with Crippen LogP contribution in [0.4, 0.5) is 10.5 Å². The number of rotatable bonds is 12. The van der Waals surface area contributed by atoms with Gasteiger partial charge in [-0.15, -0.1) is 0 Å². The molecule has 2 N–H and O–H groups in total. The molecule has 1 unspecified atom stereocenters. The molecular weight excluding hydrogens is 470 g/mol. The van der Waals surface area contributed by atoms with Gasteiger partial charge in [0, 0.05) is 12.2 Å². The van der Waals surface area contributed by atoms with Crippen LogP contribution in [-0.4, -0.2) is 48.6 Å². The Kier molecular flexibility index (Phi) is 11.4. The van der Waals surface area contributed by atoms with Crippen molar-refractivity contribution >= 4 is 23.6 Å². The zero-order chi connectivity index (χ0) is 27.4. The summed E-state index contributed by atoms with van der Waals surface area (Å²) in [6.45, 7) is 9.43. The first kappa shape index (κ1) is 29.7. The Bertz CT molecular complexity index is 1030. The number of amides is 3. The predicted octanol–water partition coefficient (Wildman–Crippen LogP) is 5.62. The number of anilines is 1. The van der Waals surface area contributed by atoms with Crippen molar-refractivity contribution in [3.05, 3.63) is 59.7 Å². The topological polar surface area (TPSA) is 97.0 Å². The van der Waals surface area contributed by atoms with Gasteiger partial charge in [0.25, 0.3) is 5.91 Å². The van der Waals surface area contributed by atoms with Gasteiger partial charge in [0.05, 0.1) is 7.11 Å². The molecule has 0 heterocycles. The molecular formula is C29H41N3O5. The van der Waals surface area contributed by atoms with Crippen molar-refractivity contribution in [2.45, 2.75) is 71.9 Å². The number of hydrogen-bond acceptors (Lipinski definition) is 5. The second-order valence-electron chi connectivity index (χ2n) is 10.0. The number of nitrogens with zero attached hydrogens (tertiary/aromatic N) is 1. The first-order chi connectivity index (χ1) is 17.5. The Labute approximate surface area is 220 Å². The molecule has 2 aromatic carbocycles. The summed E-state index contributed by atoms with van der Waals surface area (Å²) in [6, 6.07) is 13.7. The highest BCUT2D eigenvalue weighted by Crippen LogP contribution is 2.26. The summed E-state index contributed by atoms with van der Waals surface area (Å²) in [5.74, 6) is -0.0233. The molecule has 2 rings (SSSR count). The molecule has 202 valence electrons. The van der Waals surface area contributed by atoms with Gasteiger partial charge in [-0.05, 0) is 63.9 Å². The number of methoxy groups -OCH3 is 1. The first-order valence-corrected chi connectivity index (χ1v) is 12.8. The minimum absolute atomic E-state index is 0.277. The van der Waals surface area contributed by atoms with Crippen LogP contribution in [0.1, 0.15) is 70.5 Å². The molecule has 0 saturated heterocycles. The average Bonchev–Trinajstić information content (AvgIpc) is 2.83. The van der Waals surface area contributed by atoms with Crippen LogP contribution in [0, 0.1) is 6.92 Å². The maximum atomic E-state index is 13.7. The fourth-order valence-electron chi connectivity index (χ4n) is 3.87. The fraction of sp³-hybridized carbons (Fsp3) is 0.483. The zero-order valence-electron chi connectivity index (χ0n) is 22.9. The smallest absolute Gasteiger partial charge is 0.408 e. The van der Waals surface area contributed by atoms with E-state index in [2.05, 4.69) is 17.6 Å². The molecule has 0 spiro atoms. The van der Waals surface area contributed by atoms with Crippen LogP contribution in [0.2, 0.25) is 0 Å². The molecule has 0 bridgehead atoms. The summed E-state index contributed by atoms with van der Waals surface area (Å²) < 4.78 is 10.5. The van der Waals surface area contributed by atoms with Gasteiger partial charge in [-0.2, -0.15) is 0 Å². The molecule has 0 aliphatic heterocycles. The standard InChI is InChI=1S/C29H41N3O5/c1-7-8-9-10-18-32(25(33)20-30-28(35)37-29(3,4)5)26(22-13-11-12-21(2)19-22)27(34)31-23-14-16-24(36-6)17-15-23/h11-17,19,26H,7-10,18,20H2,1-6H3,(H,30,35)(H,31,34). The van der Waals surface area contributed by atoms with Gasteiger partial charge in [0.2, 0.25) is 5.91 Å². The van der Waals surface area contributed by atoms with Crippen LogP contribution < -0.4 is 15.4 Å². The second-order valence-corrected chi connectivity index (χ2v) is 10.0. The summed E-state index contributed by atoms with van der Waals surface area (Å²) in [6.07, 6.45) is 3.07. The van der Waals surface area contributed by atoms with Crippen molar-refractivity contribution in [2.75, 3.05) is 25.5 Å². The molecule has 0 aliphatic carbocycles. The van der Waals surface area contributed by atoms with Gasteiger partial charge >= 0.3 is 6.09 Å². The minimum atomic E-state index is -0.878. The molecule has 2 aromatic rings. The number of alkyl carbamates (subject to hydrolysis) is 1. The number of benzene rings is 2. The van der Waals surface area contributed by atoms with E-state index in [1.54, 1.807) is 57.0 Å². The normalized spacial score (nSPS) is 11.8. The van der Waals surface area contributed by atoms with Gasteiger partial charge in [-0.1, -0.05) is 56.0 Å². The van der Waals surface area contributed by atoms with Crippen molar-refractivity contribution in [3.8, 4) is 5.75 Å². The third-order valence-corrected chi connectivity index (χ3v) is 5.63. The van der Waals surface area contributed by atoms with Crippen molar-refractivity contribution in [1.29, 1.82) is 0 Å². The highest BCUT2D eigenvalue weighted by molar-refractivity contribution is 5.98. The van der Waals surface area contributed by atoms with Crippen LogP contribution in [0.3, 0.4) is 0 Å². The highest BCUT2D eigenvalue weighted by atomic mass is 16.6. The molecule has 0 aliphatic rings. The van der Waals surface area contributed by atoms with Crippen LogP contribution in [0.15, 0.2) is 48.5 Å². The second kappa shape index (κ2) is 14.3. The lowest BCUT2D eigenvalue weighted by molar-refractivity contribution is -0.138. The Balaban J connectivity index is 2.34. The number of nitrogens with one attached hydrogen (secondary N) is 2. The quantitative estimate of drug-likeness (QED) is 0.361. The number of ether oxygens (including phenoxy) is 2. The third kappa shape index (κ3) is 10.1. The third-order valence-electron chi connectivity index (χ3n) is 5.63. The summed E-state index contributed by atoms with van der Waals surface area (Å²) in [7, 11) is 1.58. The number of carbonyl (C=O) groups is 3. The van der Waals surface area contributed by atoms with Crippen LogP contribution in [0.25, 0.3) is 0 Å². The Morgan fingerprint density at radius 1 is 1.00 bits per heavy atom. The van der Waals surface area contributed by atoms with E-state index in [9.17, 15) is 14.4 Å². The predicted molar refractivity (Wildman–Crippen MR) is 146 cm³/mol. The lowest BCUT2D eigenvalue weighted by Gasteiger charge is -2.32. The SMILES string of the molecule is CCCCCCN(C(=O)CNC(=O)OC(C)(C)C)C(C(=O)Nc1ccc(OC)cc1)c1cccc(C)c1. The number of carbonyl (C=O) groups excluding carboxylic acids is 3. The van der Waals surface area contributed by atoms with E-state index in [4.69, 9.17) is 9.47 Å². The molecule has 0 aromatic heterocycles. The number of unbranched alkanes of at least 4 members (excludes halogenated alkanes) is 3. The Morgan fingerprint density at radius 2 is 1.70 bits per heavy atom. The molecule has 3 amide bonds. The number of aryl methyl sites for hydroxylation is 1. The van der Waals surface area contributed by atoms with E-state index in [1.165, 1.54) is 0 Å². The van der Waals surface area contributed by atoms with Crippen molar-refractivity contribution in [2.24, 2.45) is 0 Å². The van der Waals surface area contributed by atoms with Crippen LogP contribution in [-0.2, 0) is 14.3 Å². The number of hydrogen-bond donors (Lipinski definition) is 2. The Hall–Kier alpha value is -3.55. The lowest BCUT2D eigenvalue weighted by atomic mass is 10.0. The van der Waals surface area contributed by atoms with Crippen molar-refractivity contribution in [3.63, 3.8) is 0 Å². The van der Waals surface area contributed by atoms with Gasteiger partial charge in [-0.3, -0.25) is 9.59 Å². The van der Waals surface area contributed by atoms with E-state index in [0.717, 1.165) is 31.2 Å². The van der Waals surface area contributed by atoms with E-state index in [-0.39, 0.29) is 18.4 Å². The summed E-state index contributed by atoms with van der Waals surface area (Å²) in [5.41, 5.74) is 1.58. The minimum Gasteiger partial charge on any atom is -0.497 e. The van der Waals surface area contributed by atoms with E-state index in [0.29, 0.717) is 23.5 Å². The molecule has 8 heteroatoms. The highest BCUT2D eigenvalue weighted by Gasteiger charge is 2.32. The fourth-order valence-corrected chi connectivity index (χ4v) is 3.87. The van der Waals surface area contributed by atoms with Crippen molar-refractivity contribution < 1.29 is 23.9 Å². The molecule has 0 saturated carbocycles. The molecule has 0 radical (unpaired) electrons. The average molecular weight is 512 g/mol. The molecule has 1 atom stereocenters. The van der Waals surface area contributed by atoms with Crippen molar-refractivity contribution in [1.82, 2.24) is 10.2 Å². The molecule has 8 nitrogen and oxygen atoms in total. The van der Waals surface area contributed by atoms with Crippen LogP contribution in [0.5, 0.6) is 5.75 Å². The monoisotopic (exact) mass is 511 g/mol. The molecule has 0 fully saturated rings. The van der Waals surface area contributed by atoms with Gasteiger partial charge in [0.1, 0.15) is 23.9 Å². The molecule has 37 heavy (non-hydrogen) atoms. The summed E-state index contributed by atoms with van der Waals surface area (Å²) >= 11 is 0.